The zero-order chi connectivity index (χ0) is 7.68. The average Bonchev–Trinajstić information content (AvgIpc) is 2.46. The van der Waals surface area contributed by atoms with E-state index in [0.717, 1.165) is 24.4 Å². The second kappa shape index (κ2) is 2.42. The lowest BCUT2D eigenvalue weighted by atomic mass is 10.1. The van der Waals surface area contributed by atoms with Gasteiger partial charge >= 0.3 is 0 Å². The molecule has 1 heterocycles. The molecule has 0 N–H and O–H groups in total. The quantitative estimate of drug-likeness (QED) is 0.593. The van der Waals surface area contributed by atoms with E-state index in [1.807, 2.05) is 6.07 Å². The van der Waals surface area contributed by atoms with Gasteiger partial charge in [-0.2, -0.15) is 0 Å². The second-order valence-corrected chi connectivity index (χ2v) is 2.67. The Morgan fingerprint density at radius 3 is 3.18 bits per heavy atom. The lowest BCUT2D eigenvalue weighted by molar-refractivity contribution is 0.500. The van der Waals surface area contributed by atoms with Gasteiger partial charge in [-0.3, -0.25) is 0 Å². The topological polar surface area (TPSA) is 13.1 Å². The predicted molar refractivity (Wildman–Crippen MR) is 46.2 cm³/mol. The van der Waals surface area contributed by atoms with Gasteiger partial charge in [0, 0.05) is 12.0 Å². The Hall–Kier alpha value is -1.24. The van der Waals surface area contributed by atoms with Gasteiger partial charge in [0.15, 0.2) is 0 Å². The molecule has 1 aliphatic carbocycles. The molecule has 1 aliphatic rings. The van der Waals surface area contributed by atoms with Crippen LogP contribution < -0.4 is 0 Å². The molecule has 1 nitrogen and oxygen atoms in total. The summed E-state index contributed by atoms with van der Waals surface area (Å²) in [4.78, 5) is 0. The van der Waals surface area contributed by atoms with Crippen molar-refractivity contribution in [2.75, 3.05) is 0 Å². The molecule has 0 amide bonds. The number of allylic oxidation sites excluding steroid dienone is 1. The number of furan rings is 1. The molecule has 0 radical (unpaired) electrons. The molecular formula is C10H10O. The maximum atomic E-state index is 5.49. The van der Waals surface area contributed by atoms with Crippen LogP contribution in [0.3, 0.4) is 0 Å². The van der Waals surface area contributed by atoms with Crippen LogP contribution in [-0.2, 0) is 6.42 Å². The van der Waals surface area contributed by atoms with Gasteiger partial charge in [-0.1, -0.05) is 18.7 Å². The third-order valence-corrected chi connectivity index (χ3v) is 1.90. The Kier molecular flexibility index (Phi) is 1.42. The first-order valence-corrected chi connectivity index (χ1v) is 3.82. The van der Waals surface area contributed by atoms with Gasteiger partial charge in [0.1, 0.15) is 11.5 Å². The first kappa shape index (κ1) is 6.47. The van der Waals surface area contributed by atoms with Crippen LogP contribution in [0.25, 0.3) is 12.2 Å². The molecule has 1 aromatic rings. The van der Waals surface area contributed by atoms with Crippen LogP contribution in [0.15, 0.2) is 23.1 Å². The van der Waals surface area contributed by atoms with Crippen LogP contribution >= 0.6 is 0 Å². The third-order valence-electron chi connectivity index (χ3n) is 1.90. The summed E-state index contributed by atoms with van der Waals surface area (Å²) in [7, 11) is 0. The van der Waals surface area contributed by atoms with Crippen molar-refractivity contribution in [3.8, 4) is 0 Å². The highest BCUT2D eigenvalue weighted by Crippen LogP contribution is 2.23. The van der Waals surface area contributed by atoms with E-state index < -0.39 is 0 Å². The van der Waals surface area contributed by atoms with Crippen LogP contribution in [-0.4, -0.2) is 0 Å². The maximum Gasteiger partial charge on any atom is 0.127 e. The highest BCUT2D eigenvalue weighted by atomic mass is 16.3. The predicted octanol–water partition coefficient (Wildman–Crippen LogP) is 2.88. The van der Waals surface area contributed by atoms with Gasteiger partial charge in [0.05, 0.1) is 0 Å². The van der Waals surface area contributed by atoms with E-state index in [0.29, 0.717) is 0 Å². The van der Waals surface area contributed by atoms with Crippen molar-refractivity contribution in [3.05, 3.63) is 35.8 Å². The molecule has 0 aliphatic heterocycles. The van der Waals surface area contributed by atoms with E-state index in [9.17, 15) is 0 Å². The normalized spacial score (nSPS) is 14.5. The van der Waals surface area contributed by atoms with Crippen molar-refractivity contribution in [1.29, 1.82) is 0 Å². The van der Waals surface area contributed by atoms with Crippen molar-refractivity contribution < 1.29 is 4.42 Å². The Morgan fingerprint density at radius 2 is 2.45 bits per heavy atom. The fourth-order valence-corrected chi connectivity index (χ4v) is 1.33. The molecule has 0 unspecified atom stereocenters. The monoisotopic (exact) mass is 146 g/mol. The fourth-order valence-electron chi connectivity index (χ4n) is 1.33. The molecule has 0 aromatic carbocycles. The average molecular weight is 146 g/mol. The van der Waals surface area contributed by atoms with Crippen LogP contribution in [0, 0.1) is 0 Å². The van der Waals surface area contributed by atoms with E-state index >= 15 is 0 Å². The summed E-state index contributed by atoms with van der Waals surface area (Å²) in [5, 5.41) is 0. The molecule has 0 atom stereocenters. The summed E-state index contributed by atoms with van der Waals surface area (Å²) in [6.07, 6.45) is 8.14. The van der Waals surface area contributed by atoms with Crippen molar-refractivity contribution >= 4 is 12.2 Å². The van der Waals surface area contributed by atoms with E-state index in [-0.39, 0.29) is 0 Å². The molecule has 0 fully saturated rings. The molecule has 0 spiro atoms. The number of rotatable bonds is 1. The van der Waals surface area contributed by atoms with Crippen LogP contribution in [0.1, 0.15) is 23.5 Å². The summed E-state index contributed by atoms with van der Waals surface area (Å²) >= 11 is 0. The standard InChI is InChI=1S/C10H10O/c1-2-9-7-8-5-3-4-6-10(8)11-9/h2-3,5,7H,1,4,6H2. The first-order valence-electron chi connectivity index (χ1n) is 3.82. The molecule has 0 saturated carbocycles. The smallest absolute Gasteiger partial charge is 0.127 e. The Labute approximate surface area is 66.0 Å². The van der Waals surface area contributed by atoms with E-state index in [1.165, 1.54) is 5.56 Å². The first-order chi connectivity index (χ1) is 5.40. The fraction of sp³-hybridized carbons (Fsp3) is 0.200. The zero-order valence-corrected chi connectivity index (χ0v) is 6.34. The van der Waals surface area contributed by atoms with E-state index in [2.05, 4.69) is 18.7 Å². The molecule has 1 aromatic heterocycles. The van der Waals surface area contributed by atoms with Gasteiger partial charge in [-0.15, -0.1) is 0 Å². The molecular weight excluding hydrogens is 136 g/mol. The van der Waals surface area contributed by atoms with Crippen molar-refractivity contribution in [2.24, 2.45) is 0 Å². The number of hydrogen-bond acceptors (Lipinski definition) is 1. The van der Waals surface area contributed by atoms with Crippen LogP contribution in [0.2, 0.25) is 0 Å². The number of fused-ring (bicyclic) bond motifs is 1. The van der Waals surface area contributed by atoms with Gasteiger partial charge in [0.25, 0.3) is 0 Å². The summed E-state index contributed by atoms with van der Waals surface area (Å²) in [6, 6.07) is 2.03. The molecule has 0 bridgehead atoms. The van der Waals surface area contributed by atoms with Crippen molar-refractivity contribution in [3.63, 3.8) is 0 Å². The highest BCUT2D eigenvalue weighted by molar-refractivity contribution is 5.58. The minimum atomic E-state index is 0.876. The van der Waals surface area contributed by atoms with Gasteiger partial charge in [-0.25, -0.2) is 0 Å². The minimum absolute atomic E-state index is 0.876. The van der Waals surface area contributed by atoms with Crippen molar-refractivity contribution in [2.45, 2.75) is 12.8 Å². The lowest BCUT2D eigenvalue weighted by Gasteiger charge is -2.00. The summed E-state index contributed by atoms with van der Waals surface area (Å²) in [6.45, 7) is 3.66. The van der Waals surface area contributed by atoms with Gasteiger partial charge < -0.3 is 4.42 Å². The largest absolute Gasteiger partial charge is 0.461 e. The SMILES string of the molecule is C=Cc1cc2c(o1)CCC=C2. The lowest BCUT2D eigenvalue weighted by Crippen LogP contribution is -1.87. The maximum absolute atomic E-state index is 5.49. The Bertz CT molecular complexity index is 305. The van der Waals surface area contributed by atoms with E-state index in [4.69, 9.17) is 4.42 Å². The minimum Gasteiger partial charge on any atom is -0.461 e. The molecule has 11 heavy (non-hydrogen) atoms. The Morgan fingerprint density at radius 1 is 1.55 bits per heavy atom. The van der Waals surface area contributed by atoms with E-state index in [1.54, 1.807) is 6.08 Å². The Balaban J connectivity index is 2.49. The molecule has 1 heteroatoms. The number of hydrogen-bond donors (Lipinski definition) is 0. The second-order valence-electron chi connectivity index (χ2n) is 2.67. The molecule has 56 valence electrons. The van der Waals surface area contributed by atoms with Crippen molar-refractivity contribution in [1.82, 2.24) is 0 Å². The van der Waals surface area contributed by atoms with Crippen LogP contribution in [0.5, 0.6) is 0 Å². The number of aryl methyl sites for hydroxylation is 1. The van der Waals surface area contributed by atoms with Crippen LogP contribution in [0.4, 0.5) is 0 Å². The summed E-state index contributed by atoms with van der Waals surface area (Å²) in [5.74, 6) is 1.98. The molecule has 2 rings (SSSR count). The summed E-state index contributed by atoms with van der Waals surface area (Å²) in [5.41, 5.74) is 1.21. The highest BCUT2D eigenvalue weighted by Gasteiger charge is 2.08. The van der Waals surface area contributed by atoms with Gasteiger partial charge in [0.2, 0.25) is 0 Å². The summed E-state index contributed by atoms with van der Waals surface area (Å²) < 4.78 is 5.49. The molecule has 0 saturated heterocycles. The van der Waals surface area contributed by atoms with Gasteiger partial charge in [-0.05, 0) is 18.6 Å². The zero-order valence-electron chi connectivity index (χ0n) is 6.34. The third kappa shape index (κ3) is 1.03.